The quantitative estimate of drug-likeness (QED) is 0.229. The van der Waals surface area contributed by atoms with Crippen molar-refractivity contribution >= 4 is 35.4 Å². The minimum atomic E-state index is -0.476. The van der Waals surface area contributed by atoms with Crippen molar-refractivity contribution in [3.05, 3.63) is 65.5 Å². The lowest BCUT2D eigenvalue weighted by molar-refractivity contribution is 0.0943. The highest BCUT2D eigenvalue weighted by Gasteiger charge is 2.20. The minimum Gasteiger partial charge on any atom is -0.394 e. The number of nitrogens with one attached hydrogen (secondary N) is 5. The van der Waals surface area contributed by atoms with E-state index >= 15 is 0 Å². The number of aliphatic hydroxyl groups excluding tert-OH is 1. The van der Waals surface area contributed by atoms with Crippen LogP contribution in [0.4, 0.5) is 23.3 Å². The molecule has 0 spiro atoms. The molecule has 1 atom stereocenters. The molecule has 184 valence electrons. The van der Waals surface area contributed by atoms with Gasteiger partial charge in [-0.25, -0.2) is 9.97 Å². The van der Waals surface area contributed by atoms with Crippen molar-refractivity contribution in [1.29, 1.82) is 5.41 Å². The van der Waals surface area contributed by atoms with E-state index in [4.69, 9.17) is 5.41 Å². The average molecular weight is 477 g/mol. The van der Waals surface area contributed by atoms with Crippen LogP contribution >= 0.6 is 0 Å². The van der Waals surface area contributed by atoms with Crippen molar-refractivity contribution in [2.45, 2.75) is 45.8 Å². The molecule has 0 saturated carbocycles. The van der Waals surface area contributed by atoms with Crippen LogP contribution < -0.4 is 21.3 Å². The molecule has 0 aliphatic carbocycles. The Hall–Kier alpha value is -4.05. The molecular weight excluding hydrogens is 444 g/mol. The molecule has 0 aliphatic heterocycles. The van der Waals surface area contributed by atoms with Crippen molar-refractivity contribution in [2.24, 2.45) is 0 Å². The molecule has 1 amide bonds. The summed E-state index contributed by atoms with van der Waals surface area (Å²) in [5, 5.41) is 30.0. The smallest absolute Gasteiger partial charge is 0.256 e. The van der Waals surface area contributed by atoms with Crippen LogP contribution in [0.15, 0.2) is 48.8 Å². The lowest BCUT2D eigenvalue weighted by Gasteiger charge is -2.20. The number of pyridine rings is 1. The molecule has 6 N–H and O–H groups in total. The van der Waals surface area contributed by atoms with Crippen LogP contribution in [0, 0.1) is 5.41 Å². The first-order chi connectivity index (χ1) is 16.8. The maximum atomic E-state index is 12.8. The third kappa shape index (κ3) is 6.97. The van der Waals surface area contributed by atoms with Crippen LogP contribution in [0.1, 0.15) is 55.2 Å². The number of amides is 1. The highest BCUT2D eigenvalue weighted by atomic mass is 16.3. The molecule has 1 aromatic carbocycles. The SMILES string of the molecule is CC(C)NC(=O)c1cnc(Nc2cc(NC(C)C)c(C=N)cn2)nc1NC(CO)c1ccccc1. The van der Waals surface area contributed by atoms with E-state index in [1.54, 1.807) is 12.3 Å². The van der Waals surface area contributed by atoms with Crippen LogP contribution in [0.3, 0.4) is 0 Å². The third-order valence-corrected chi connectivity index (χ3v) is 4.92. The van der Waals surface area contributed by atoms with E-state index in [1.165, 1.54) is 12.4 Å². The second-order valence-corrected chi connectivity index (χ2v) is 8.60. The van der Waals surface area contributed by atoms with Crippen LogP contribution in [0.2, 0.25) is 0 Å². The van der Waals surface area contributed by atoms with E-state index in [1.807, 2.05) is 58.0 Å². The van der Waals surface area contributed by atoms with Crippen LogP contribution in [0.5, 0.6) is 0 Å². The Balaban J connectivity index is 1.95. The molecule has 0 saturated heterocycles. The minimum absolute atomic E-state index is 0.0700. The zero-order chi connectivity index (χ0) is 25.4. The topological polar surface area (TPSA) is 148 Å². The number of aliphatic hydroxyl groups is 1. The second kappa shape index (κ2) is 11.9. The van der Waals surface area contributed by atoms with E-state index in [-0.39, 0.29) is 41.9 Å². The summed E-state index contributed by atoms with van der Waals surface area (Å²) < 4.78 is 0. The summed E-state index contributed by atoms with van der Waals surface area (Å²) in [6.45, 7) is 7.56. The van der Waals surface area contributed by atoms with Gasteiger partial charge in [0.15, 0.2) is 0 Å². The lowest BCUT2D eigenvalue weighted by atomic mass is 10.1. The van der Waals surface area contributed by atoms with Crippen molar-refractivity contribution in [2.75, 3.05) is 22.6 Å². The van der Waals surface area contributed by atoms with Gasteiger partial charge < -0.3 is 31.8 Å². The van der Waals surface area contributed by atoms with Gasteiger partial charge in [0.25, 0.3) is 5.91 Å². The molecule has 3 aromatic rings. The Labute approximate surface area is 205 Å². The number of aromatic nitrogens is 3. The fraction of sp³-hybridized carbons (Fsp3) is 0.320. The summed E-state index contributed by atoms with van der Waals surface area (Å²) in [6, 6.07) is 10.8. The number of carbonyl (C=O) groups excluding carboxylic acids is 1. The van der Waals surface area contributed by atoms with Crippen molar-refractivity contribution in [3.8, 4) is 0 Å². The number of hydrogen-bond acceptors (Lipinski definition) is 9. The Bertz CT molecular complexity index is 1150. The first-order valence-corrected chi connectivity index (χ1v) is 11.4. The number of nitrogens with zero attached hydrogens (tertiary/aromatic N) is 3. The van der Waals surface area contributed by atoms with Gasteiger partial charge in [-0.2, -0.15) is 4.98 Å². The van der Waals surface area contributed by atoms with Crippen molar-refractivity contribution in [3.63, 3.8) is 0 Å². The maximum Gasteiger partial charge on any atom is 0.256 e. The number of anilines is 4. The molecule has 10 heteroatoms. The fourth-order valence-corrected chi connectivity index (χ4v) is 3.34. The first kappa shape index (κ1) is 25.6. The fourth-order valence-electron chi connectivity index (χ4n) is 3.34. The molecule has 1 unspecified atom stereocenters. The van der Waals surface area contributed by atoms with Gasteiger partial charge in [0, 0.05) is 48.0 Å². The third-order valence-electron chi connectivity index (χ3n) is 4.92. The van der Waals surface area contributed by atoms with E-state index < -0.39 is 6.04 Å². The van der Waals surface area contributed by atoms with Gasteiger partial charge in [0.05, 0.1) is 12.6 Å². The summed E-state index contributed by atoms with van der Waals surface area (Å²) in [4.78, 5) is 26.0. The Morgan fingerprint density at radius 2 is 1.80 bits per heavy atom. The summed E-state index contributed by atoms with van der Waals surface area (Å²) in [5.41, 5.74) is 2.52. The number of rotatable bonds is 11. The molecule has 0 bridgehead atoms. The summed E-state index contributed by atoms with van der Waals surface area (Å²) >= 11 is 0. The second-order valence-electron chi connectivity index (χ2n) is 8.60. The van der Waals surface area contributed by atoms with Gasteiger partial charge >= 0.3 is 0 Å². The van der Waals surface area contributed by atoms with E-state index in [0.29, 0.717) is 11.4 Å². The Morgan fingerprint density at radius 3 is 2.43 bits per heavy atom. The standard InChI is InChI=1S/C25H32N8O2/c1-15(2)29-20-10-22(27-12-18(20)11-26)32-25-28-13-19(24(35)30-16(3)4)23(33-25)31-21(14-34)17-8-6-5-7-9-17/h5-13,15-16,21,26,34H,14H2,1-4H3,(H,30,35)(H3,27,28,29,31,32,33). The van der Waals surface area contributed by atoms with Gasteiger partial charge in [-0.15, -0.1) is 0 Å². The molecule has 0 radical (unpaired) electrons. The molecule has 3 rings (SSSR count). The van der Waals surface area contributed by atoms with Crippen LogP contribution in [-0.2, 0) is 0 Å². The van der Waals surface area contributed by atoms with Gasteiger partial charge in [-0.3, -0.25) is 4.79 Å². The van der Waals surface area contributed by atoms with E-state index in [2.05, 4.69) is 36.2 Å². The molecule has 2 heterocycles. The van der Waals surface area contributed by atoms with E-state index in [0.717, 1.165) is 11.3 Å². The normalized spacial score (nSPS) is 11.7. The number of benzene rings is 1. The van der Waals surface area contributed by atoms with Crippen LogP contribution in [-0.4, -0.2) is 50.9 Å². The van der Waals surface area contributed by atoms with Crippen molar-refractivity contribution in [1.82, 2.24) is 20.3 Å². The van der Waals surface area contributed by atoms with Gasteiger partial charge in [0.2, 0.25) is 5.95 Å². The molecular formula is C25H32N8O2. The predicted molar refractivity (Wildman–Crippen MR) is 139 cm³/mol. The molecule has 2 aromatic heterocycles. The Morgan fingerprint density at radius 1 is 1.06 bits per heavy atom. The lowest BCUT2D eigenvalue weighted by Crippen LogP contribution is -2.31. The highest BCUT2D eigenvalue weighted by molar-refractivity contribution is 5.98. The molecule has 0 fully saturated rings. The molecule has 0 aliphatic rings. The Kier molecular flexibility index (Phi) is 8.69. The first-order valence-electron chi connectivity index (χ1n) is 11.4. The highest BCUT2D eigenvalue weighted by Crippen LogP contribution is 2.24. The van der Waals surface area contributed by atoms with E-state index in [9.17, 15) is 9.90 Å². The van der Waals surface area contributed by atoms with Crippen molar-refractivity contribution < 1.29 is 9.90 Å². The monoisotopic (exact) mass is 476 g/mol. The van der Waals surface area contributed by atoms with Crippen LogP contribution in [0.25, 0.3) is 0 Å². The average Bonchev–Trinajstić information content (AvgIpc) is 2.82. The van der Waals surface area contributed by atoms with Gasteiger partial charge in [0.1, 0.15) is 17.2 Å². The number of carbonyl (C=O) groups is 1. The summed E-state index contributed by atoms with van der Waals surface area (Å²) in [6.07, 6.45) is 4.26. The van der Waals surface area contributed by atoms with Gasteiger partial charge in [-0.1, -0.05) is 30.3 Å². The van der Waals surface area contributed by atoms with Gasteiger partial charge in [-0.05, 0) is 33.3 Å². The summed E-state index contributed by atoms with van der Waals surface area (Å²) in [5.74, 6) is 0.658. The zero-order valence-corrected chi connectivity index (χ0v) is 20.3. The maximum absolute atomic E-state index is 12.8. The summed E-state index contributed by atoms with van der Waals surface area (Å²) in [7, 11) is 0. The predicted octanol–water partition coefficient (Wildman–Crippen LogP) is 3.72. The zero-order valence-electron chi connectivity index (χ0n) is 20.3. The molecule has 10 nitrogen and oxygen atoms in total. The number of hydrogen-bond donors (Lipinski definition) is 6. The molecule has 35 heavy (non-hydrogen) atoms. The largest absolute Gasteiger partial charge is 0.394 e.